The van der Waals surface area contributed by atoms with Crippen molar-refractivity contribution in [3.8, 4) is 17.4 Å². The number of nitrogens with zero attached hydrogens (tertiary/aromatic N) is 7. The highest BCUT2D eigenvalue weighted by Crippen LogP contribution is 2.34. The lowest BCUT2D eigenvalue weighted by Gasteiger charge is -2.35. The average Bonchev–Trinajstić information content (AvgIpc) is 3.33. The van der Waals surface area contributed by atoms with Gasteiger partial charge in [-0.15, -0.1) is 0 Å². The number of nitrogens with two attached hydrogens (primary N) is 1. The number of amides is 1. The number of hydrogen-bond donors (Lipinski definition) is 1. The Morgan fingerprint density at radius 3 is 2.70 bits per heavy atom. The molecule has 0 aromatic carbocycles. The molecule has 0 unspecified atom stereocenters. The van der Waals surface area contributed by atoms with Gasteiger partial charge in [-0.3, -0.25) is 9.78 Å². The summed E-state index contributed by atoms with van der Waals surface area (Å²) in [6, 6.07) is 3.40. The number of hydrogen-bond acceptors (Lipinski definition) is 9. The van der Waals surface area contributed by atoms with Crippen LogP contribution in [0.1, 0.15) is 12.8 Å². The Balaban J connectivity index is 1.55. The van der Waals surface area contributed by atoms with Crippen LogP contribution >= 0.6 is 11.6 Å². The predicted molar refractivity (Wildman–Crippen MR) is 140 cm³/mol. The maximum atomic E-state index is 16.0. The molecule has 0 spiro atoms. The lowest BCUT2D eigenvalue weighted by molar-refractivity contribution is -0.126. The van der Waals surface area contributed by atoms with Gasteiger partial charge in [0.25, 0.3) is 0 Å². The minimum Gasteiger partial charge on any atom is -0.462 e. The van der Waals surface area contributed by atoms with Crippen LogP contribution < -0.4 is 15.4 Å². The molecule has 2 N–H and O–H groups in total. The third kappa shape index (κ3) is 5.01. The fraction of sp³-hybridized carbons (Fsp3) is 0.400. The second-order valence-electron chi connectivity index (χ2n) is 9.18. The van der Waals surface area contributed by atoms with E-state index in [1.165, 1.54) is 18.3 Å². The summed E-state index contributed by atoms with van der Waals surface area (Å²) in [6.07, 6.45) is 4.93. The maximum absolute atomic E-state index is 16.0. The van der Waals surface area contributed by atoms with Crippen LogP contribution in [0.15, 0.2) is 31.0 Å². The molecule has 3 aromatic heterocycles. The summed E-state index contributed by atoms with van der Waals surface area (Å²) < 4.78 is 22.0. The molecule has 5 heterocycles. The Kier molecular flexibility index (Phi) is 7.07. The van der Waals surface area contributed by atoms with Crippen molar-refractivity contribution in [1.82, 2.24) is 29.7 Å². The molecule has 2 fully saturated rings. The molecule has 0 saturated carbocycles. The minimum absolute atomic E-state index is 0.0506. The topological polar surface area (TPSA) is 114 Å². The smallest absolute Gasteiger partial charge is 0.319 e. The molecule has 37 heavy (non-hydrogen) atoms. The van der Waals surface area contributed by atoms with E-state index in [1.54, 1.807) is 11.0 Å². The van der Waals surface area contributed by atoms with Crippen molar-refractivity contribution in [3.63, 3.8) is 0 Å². The van der Waals surface area contributed by atoms with Crippen LogP contribution in [0.4, 0.5) is 16.0 Å². The molecule has 2 saturated heterocycles. The van der Waals surface area contributed by atoms with Crippen LogP contribution in [0.3, 0.4) is 0 Å². The molecular weight excluding hydrogens is 499 g/mol. The molecule has 12 heteroatoms. The normalized spacial score (nSPS) is 18.4. The quantitative estimate of drug-likeness (QED) is 0.484. The summed E-state index contributed by atoms with van der Waals surface area (Å²) in [5, 5.41) is 0.646. The number of likely N-dealkylation sites (N-methyl/N-ethyl adjacent to an activating group) is 1. The van der Waals surface area contributed by atoms with Gasteiger partial charge in [0, 0.05) is 38.4 Å². The Hall–Kier alpha value is -3.57. The van der Waals surface area contributed by atoms with Crippen LogP contribution in [0.2, 0.25) is 5.02 Å². The zero-order chi connectivity index (χ0) is 26.1. The highest BCUT2D eigenvalue weighted by Gasteiger charge is 2.27. The largest absolute Gasteiger partial charge is 0.462 e. The van der Waals surface area contributed by atoms with E-state index in [1.807, 2.05) is 4.90 Å². The number of pyridine rings is 2. The number of fused-ring (bicyclic) bond motifs is 1. The SMILES string of the molecule is C=CC(=O)N1CCN(c2nc(OC[C@@H]3CCCN3C)nc3c(F)c(-c4nc(N)ccc4Cl)ncc23)CC1. The van der Waals surface area contributed by atoms with Crippen molar-refractivity contribution >= 4 is 40.0 Å². The van der Waals surface area contributed by atoms with E-state index < -0.39 is 5.82 Å². The van der Waals surface area contributed by atoms with Crippen LogP contribution in [-0.2, 0) is 4.79 Å². The van der Waals surface area contributed by atoms with E-state index in [0.717, 1.165) is 19.4 Å². The number of carbonyl (C=O) groups is 1. The number of aromatic nitrogens is 4. The van der Waals surface area contributed by atoms with Gasteiger partial charge in [0.05, 0.1) is 10.4 Å². The van der Waals surface area contributed by atoms with Gasteiger partial charge in [-0.25, -0.2) is 9.37 Å². The minimum atomic E-state index is -0.690. The lowest BCUT2D eigenvalue weighted by Crippen LogP contribution is -2.48. The van der Waals surface area contributed by atoms with Gasteiger partial charge in [0.15, 0.2) is 5.82 Å². The van der Waals surface area contributed by atoms with E-state index in [9.17, 15) is 4.79 Å². The predicted octanol–water partition coefficient (Wildman–Crippen LogP) is 2.77. The Morgan fingerprint density at radius 1 is 1.22 bits per heavy atom. The zero-order valence-corrected chi connectivity index (χ0v) is 21.3. The van der Waals surface area contributed by atoms with E-state index in [-0.39, 0.29) is 45.7 Å². The van der Waals surface area contributed by atoms with Crippen molar-refractivity contribution in [3.05, 3.63) is 41.8 Å². The number of anilines is 2. The number of rotatable bonds is 6. The third-order valence-corrected chi connectivity index (χ3v) is 7.18. The average molecular weight is 527 g/mol. The Bertz CT molecular complexity index is 1350. The zero-order valence-electron chi connectivity index (χ0n) is 20.5. The van der Waals surface area contributed by atoms with Gasteiger partial charge in [0.1, 0.15) is 35.1 Å². The summed E-state index contributed by atoms with van der Waals surface area (Å²) in [5.74, 6) is -0.124. The highest BCUT2D eigenvalue weighted by atomic mass is 35.5. The van der Waals surface area contributed by atoms with E-state index in [4.69, 9.17) is 22.1 Å². The van der Waals surface area contributed by atoms with Crippen LogP contribution in [-0.4, -0.2) is 88.1 Å². The first kappa shape index (κ1) is 25.1. The first-order valence-corrected chi connectivity index (χ1v) is 12.5. The highest BCUT2D eigenvalue weighted by molar-refractivity contribution is 6.33. The molecule has 3 aromatic rings. The van der Waals surface area contributed by atoms with Gasteiger partial charge in [-0.2, -0.15) is 9.97 Å². The van der Waals surface area contributed by atoms with E-state index in [2.05, 4.69) is 38.5 Å². The summed E-state index contributed by atoms with van der Waals surface area (Å²) in [4.78, 5) is 35.6. The molecular formula is C25H28ClFN8O2. The fourth-order valence-electron chi connectivity index (χ4n) is 4.74. The summed E-state index contributed by atoms with van der Waals surface area (Å²) in [6.45, 7) is 6.93. The van der Waals surface area contributed by atoms with Gasteiger partial charge < -0.3 is 25.2 Å². The molecule has 2 aliphatic heterocycles. The summed E-state index contributed by atoms with van der Waals surface area (Å²) in [7, 11) is 2.05. The van der Waals surface area contributed by atoms with Crippen molar-refractivity contribution in [2.24, 2.45) is 0 Å². The second-order valence-corrected chi connectivity index (χ2v) is 9.59. The van der Waals surface area contributed by atoms with Crippen molar-refractivity contribution in [1.29, 1.82) is 0 Å². The first-order valence-electron chi connectivity index (χ1n) is 12.1. The molecule has 0 aliphatic carbocycles. The standard InChI is InChI=1S/C25H28ClFN8O2/c1-3-19(36)34-9-11-35(12-10-34)24-16-13-29-23(22-17(26)6-7-18(28)30-22)20(27)21(16)31-25(32-24)37-14-15-5-4-8-33(15)2/h3,6-7,13,15H,1,4-5,8-12,14H2,2H3,(H2,28,30)/t15-/m0/s1. The molecule has 1 amide bonds. The van der Waals surface area contributed by atoms with E-state index >= 15 is 4.39 Å². The monoisotopic (exact) mass is 526 g/mol. The van der Waals surface area contributed by atoms with Crippen molar-refractivity contribution in [2.45, 2.75) is 18.9 Å². The number of carbonyl (C=O) groups excluding carboxylic acids is 1. The number of ether oxygens (including phenoxy) is 1. The molecule has 10 nitrogen and oxygen atoms in total. The molecule has 1 atom stereocenters. The third-order valence-electron chi connectivity index (χ3n) is 6.88. The van der Waals surface area contributed by atoms with Gasteiger partial charge >= 0.3 is 6.01 Å². The number of likely N-dealkylation sites (tertiary alicyclic amines) is 1. The van der Waals surface area contributed by atoms with Gasteiger partial charge in [-0.05, 0) is 44.6 Å². The number of halogens is 2. The molecule has 0 radical (unpaired) electrons. The fourth-order valence-corrected chi connectivity index (χ4v) is 4.94. The van der Waals surface area contributed by atoms with Crippen LogP contribution in [0.25, 0.3) is 22.3 Å². The molecule has 0 bridgehead atoms. The van der Waals surface area contributed by atoms with Crippen LogP contribution in [0, 0.1) is 5.82 Å². The first-order chi connectivity index (χ1) is 17.9. The Morgan fingerprint density at radius 2 is 2.00 bits per heavy atom. The maximum Gasteiger partial charge on any atom is 0.319 e. The van der Waals surface area contributed by atoms with Crippen molar-refractivity contribution in [2.75, 3.05) is 57.0 Å². The summed E-state index contributed by atoms with van der Waals surface area (Å²) >= 11 is 6.29. The lowest BCUT2D eigenvalue weighted by atomic mass is 10.1. The number of piperazine rings is 1. The Labute approximate surface area is 218 Å². The molecule has 194 valence electrons. The second kappa shape index (κ2) is 10.4. The number of nitrogen functional groups attached to an aromatic ring is 1. The summed E-state index contributed by atoms with van der Waals surface area (Å²) in [5.41, 5.74) is 5.94. The molecule has 5 rings (SSSR count). The van der Waals surface area contributed by atoms with Crippen molar-refractivity contribution < 1.29 is 13.9 Å². The van der Waals surface area contributed by atoms with E-state index in [0.29, 0.717) is 44.0 Å². The van der Waals surface area contributed by atoms with Gasteiger partial charge in [-0.1, -0.05) is 18.2 Å². The van der Waals surface area contributed by atoms with Crippen LogP contribution in [0.5, 0.6) is 6.01 Å². The van der Waals surface area contributed by atoms with Gasteiger partial charge in [0.2, 0.25) is 5.91 Å². The molecule has 2 aliphatic rings.